The summed E-state index contributed by atoms with van der Waals surface area (Å²) in [7, 11) is 0. The fraction of sp³-hybridized carbons (Fsp3) is 0.579. The van der Waals surface area contributed by atoms with Crippen LogP contribution in [-0.4, -0.2) is 18.4 Å². The van der Waals surface area contributed by atoms with Crippen molar-refractivity contribution >= 4 is 17.5 Å². The number of amides is 2. The zero-order chi connectivity index (χ0) is 17.2. The van der Waals surface area contributed by atoms with Gasteiger partial charge >= 0.3 is 0 Å². The molecule has 23 heavy (non-hydrogen) atoms. The third kappa shape index (κ3) is 7.82. The van der Waals surface area contributed by atoms with E-state index in [2.05, 4.69) is 31.4 Å². The second-order valence-electron chi connectivity index (χ2n) is 6.54. The summed E-state index contributed by atoms with van der Waals surface area (Å²) in [5.41, 5.74) is 2.05. The number of anilines is 1. The van der Waals surface area contributed by atoms with Crippen LogP contribution in [0.4, 0.5) is 5.69 Å². The number of benzene rings is 1. The molecule has 4 heteroatoms. The highest BCUT2D eigenvalue weighted by Crippen LogP contribution is 2.18. The van der Waals surface area contributed by atoms with Crippen LogP contribution in [0, 0.1) is 5.92 Å². The minimum Gasteiger partial charge on any atom is -0.356 e. The van der Waals surface area contributed by atoms with E-state index in [9.17, 15) is 9.59 Å². The zero-order valence-corrected chi connectivity index (χ0v) is 14.8. The van der Waals surface area contributed by atoms with Gasteiger partial charge in [0.25, 0.3) is 0 Å². The standard InChI is InChI=1S/C19H30N2O2/c1-5-6-11-20-18(22)12-15(4)13-19(23)21-17-9-7-16(8-10-17)14(2)3/h7-10,14-15H,5-6,11-13H2,1-4H3,(H,20,22)(H,21,23)/t15-/m1/s1. The van der Waals surface area contributed by atoms with Crippen molar-refractivity contribution in [3.8, 4) is 0 Å². The monoisotopic (exact) mass is 318 g/mol. The summed E-state index contributed by atoms with van der Waals surface area (Å²) in [6.45, 7) is 9.02. The Morgan fingerprint density at radius 1 is 1.00 bits per heavy atom. The van der Waals surface area contributed by atoms with Gasteiger partial charge in [0.05, 0.1) is 0 Å². The van der Waals surface area contributed by atoms with Crippen LogP contribution in [0.5, 0.6) is 0 Å². The van der Waals surface area contributed by atoms with Crippen LogP contribution in [0.1, 0.15) is 64.9 Å². The Morgan fingerprint density at radius 2 is 1.61 bits per heavy atom. The summed E-state index contributed by atoms with van der Waals surface area (Å²) in [4.78, 5) is 23.8. The summed E-state index contributed by atoms with van der Waals surface area (Å²) in [6.07, 6.45) is 2.80. The van der Waals surface area contributed by atoms with Crippen molar-refractivity contribution < 1.29 is 9.59 Å². The first-order valence-corrected chi connectivity index (χ1v) is 8.58. The Bertz CT molecular complexity index is 495. The SMILES string of the molecule is CCCCNC(=O)C[C@@H](C)CC(=O)Nc1ccc(C(C)C)cc1. The van der Waals surface area contributed by atoms with E-state index in [0.29, 0.717) is 18.8 Å². The molecule has 1 aromatic rings. The number of rotatable bonds is 9. The average Bonchev–Trinajstić information content (AvgIpc) is 2.47. The van der Waals surface area contributed by atoms with Gasteiger partial charge in [-0.2, -0.15) is 0 Å². The molecule has 128 valence electrons. The lowest BCUT2D eigenvalue weighted by molar-refractivity contribution is -0.122. The van der Waals surface area contributed by atoms with E-state index in [1.54, 1.807) is 0 Å². The van der Waals surface area contributed by atoms with Crippen molar-refractivity contribution in [2.24, 2.45) is 5.92 Å². The van der Waals surface area contributed by atoms with E-state index in [-0.39, 0.29) is 17.7 Å². The van der Waals surface area contributed by atoms with Crippen molar-refractivity contribution in [1.29, 1.82) is 0 Å². The quantitative estimate of drug-likeness (QED) is 0.674. The molecule has 0 bridgehead atoms. The molecule has 0 unspecified atom stereocenters. The Labute approximate surface area is 140 Å². The topological polar surface area (TPSA) is 58.2 Å². The van der Waals surface area contributed by atoms with Gasteiger partial charge < -0.3 is 10.6 Å². The fourth-order valence-electron chi connectivity index (χ4n) is 2.35. The molecular formula is C19H30N2O2. The van der Waals surface area contributed by atoms with Gasteiger partial charge in [0, 0.05) is 25.1 Å². The van der Waals surface area contributed by atoms with Crippen LogP contribution in [0.15, 0.2) is 24.3 Å². The van der Waals surface area contributed by atoms with E-state index in [0.717, 1.165) is 25.1 Å². The minimum atomic E-state index is -0.0452. The lowest BCUT2D eigenvalue weighted by Gasteiger charge is -2.12. The molecule has 0 fully saturated rings. The molecule has 0 saturated carbocycles. The zero-order valence-electron chi connectivity index (χ0n) is 14.8. The van der Waals surface area contributed by atoms with E-state index >= 15 is 0 Å². The van der Waals surface area contributed by atoms with Gasteiger partial charge in [-0.05, 0) is 36.0 Å². The summed E-state index contributed by atoms with van der Waals surface area (Å²) in [6, 6.07) is 7.92. The second-order valence-corrected chi connectivity index (χ2v) is 6.54. The highest BCUT2D eigenvalue weighted by molar-refractivity contribution is 5.91. The van der Waals surface area contributed by atoms with Crippen LogP contribution in [-0.2, 0) is 9.59 Å². The smallest absolute Gasteiger partial charge is 0.224 e. The van der Waals surface area contributed by atoms with Crippen molar-refractivity contribution in [2.45, 2.75) is 59.3 Å². The Balaban J connectivity index is 2.36. The first-order valence-electron chi connectivity index (χ1n) is 8.58. The average molecular weight is 318 g/mol. The van der Waals surface area contributed by atoms with Gasteiger partial charge in [-0.3, -0.25) is 9.59 Å². The number of carbonyl (C=O) groups is 2. The molecular weight excluding hydrogens is 288 g/mol. The number of nitrogens with one attached hydrogen (secondary N) is 2. The third-order valence-corrected chi connectivity index (χ3v) is 3.78. The highest BCUT2D eigenvalue weighted by Gasteiger charge is 2.13. The lowest BCUT2D eigenvalue weighted by Crippen LogP contribution is -2.27. The van der Waals surface area contributed by atoms with Gasteiger partial charge in [-0.1, -0.05) is 46.2 Å². The Morgan fingerprint density at radius 3 is 2.17 bits per heavy atom. The largest absolute Gasteiger partial charge is 0.356 e. The first kappa shape index (κ1) is 19.2. The van der Waals surface area contributed by atoms with Crippen LogP contribution in [0.2, 0.25) is 0 Å². The Hall–Kier alpha value is -1.84. The predicted molar refractivity (Wildman–Crippen MR) is 95.5 cm³/mol. The van der Waals surface area contributed by atoms with Crippen molar-refractivity contribution in [1.82, 2.24) is 5.32 Å². The van der Waals surface area contributed by atoms with Gasteiger partial charge in [0.1, 0.15) is 0 Å². The maximum absolute atomic E-state index is 12.0. The van der Waals surface area contributed by atoms with Crippen LogP contribution in [0.3, 0.4) is 0 Å². The van der Waals surface area contributed by atoms with E-state index in [4.69, 9.17) is 0 Å². The lowest BCUT2D eigenvalue weighted by atomic mass is 10.0. The molecule has 4 nitrogen and oxygen atoms in total. The van der Waals surface area contributed by atoms with E-state index < -0.39 is 0 Å². The van der Waals surface area contributed by atoms with Crippen molar-refractivity contribution in [3.05, 3.63) is 29.8 Å². The highest BCUT2D eigenvalue weighted by atomic mass is 16.2. The maximum atomic E-state index is 12.0. The maximum Gasteiger partial charge on any atom is 0.224 e. The third-order valence-electron chi connectivity index (χ3n) is 3.78. The molecule has 2 N–H and O–H groups in total. The molecule has 0 spiro atoms. The molecule has 2 amide bonds. The molecule has 1 atom stereocenters. The van der Waals surface area contributed by atoms with E-state index in [1.165, 1.54) is 5.56 Å². The molecule has 0 aliphatic rings. The van der Waals surface area contributed by atoms with Crippen LogP contribution >= 0.6 is 0 Å². The number of hydrogen-bond acceptors (Lipinski definition) is 2. The second kappa shape index (κ2) is 10.0. The van der Waals surface area contributed by atoms with E-state index in [1.807, 2.05) is 31.2 Å². The summed E-state index contributed by atoms with van der Waals surface area (Å²) in [5.74, 6) is 0.494. The predicted octanol–water partition coefficient (Wildman–Crippen LogP) is 4.08. The summed E-state index contributed by atoms with van der Waals surface area (Å²) >= 11 is 0. The first-order chi connectivity index (χ1) is 10.9. The molecule has 0 aliphatic heterocycles. The van der Waals surface area contributed by atoms with Gasteiger partial charge in [0.15, 0.2) is 0 Å². The van der Waals surface area contributed by atoms with Crippen LogP contribution < -0.4 is 10.6 Å². The van der Waals surface area contributed by atoms with Gasteiger partial charge in [0.2, 0.25) is 11.8 Å². The molecule has 0 heterocycles. The fourth-order valence-corrected chi connectivity index (χ4v) is 2.35. The van der Waals surface area contributed by atoms with Crippen LogP contribution in [0.25, 0.3) is 0 Å². The van der Waals surface area contributed by atoms with Gasteiger partial charge in [-0.25, -0.2) is 0 Å². The summed E-state index contributed by atoms with van der Waals surface area (Å²) < 4.78 is 0. The molecule has 0 radical (unpaired) electrons. The van der Waals surface area contributed by atoms with Crippen molar-refractivity contribution in [3.63, 3.8) is 0 Å². The van der Waals surface area contributed by atoms with Gasteiger partial charge in [-0.15, -0.1) is 0 Å². The molecule has 0 aliphatic carbocycles. The summed E-state index contributed by atoms with van der Waals surface area (Å²) in [5, 5.41) is 5.78. The number of hydrogen-bond donors (Lipinski definition) is 2. The minimum absolute atomic E-state index is 0.0278. The van der Waals surface area contributed by atoms with Crippen molar-refractivity contribution in [2.75, 3.05) is 11.9 Å². The number of unbranched alkanes of at least 4 members (excludes halogenated alkanes) is 1. The molecule has 1 rings (SSSR count). The number of carbonyl (C=O) groups excluding carboxylic acids is 2. The molecule has 0 aromatic heterocycles. The normalized spacial score (nSPS) is 12.0. The molecule has 0 saturated heterocycles. The Kier molecular flexibility index (Phi) is 8.38. The molecule has 1 aromatic carbocycles.